The number of rotatable bonds is 11. The number of aryl methyl sites for hydroxylation is 1. The first kappa shape index (κ1) is 27.0. The zero-order valence-corrected chi connectivity index (χ0v) is 21.7. The fourth-order valence-corrected chi connectivity index (χ4v) is 5.14. The van der Waals surface area contributed by atoms with Gasteiger partial charge in [-0.25, -0.2) is 19.7 Å². The normalized spacial score (nSPS) is 18.7. The number of anilines is 2. The molecule has 4 rings (SSSR count). The van der Waals surface area contributed by atoms with Crippen LogP contribution in [0.1, 0.15) is 62.2 Å². The number of nitrogens with zero attached hydrogens (tertiary/aromatic N) is 3. The molecule has 1 aliphatic carbocycles. The maximum absolute atomic E-state index is 15.0. The molecule has 37 heavy (non-hydrogen) atoms. The predicted octanol–water partition coefficient (Wildman–Crippen LogP) is 3.89. The van der Waals surface area contributed by atoms with Gasteiger partial charge in [0.25, 0.3) is 0 Å². The number of carbonyl (C=O) groups is 2. The molecule has 2 aromatic rings. The molecule has 2 amide bonds. The van der Waals surface area contributed by atoms with Gasteiger partial charge >= 0.3 is 6.09 Å². The van der Waals surface area contributed by atoms with E-state index in [1.807, 2.05) is 5.38 Å². The van der Waals surface area contributed by atoms with Gasteiger partial charge in [-0.3, -0.25) is 15.6 Å². The highest BCUT2D eigenvalue weighted by molar-refractivity contribution is 7.09. The van der Waals surface area contributed by atoms with Crippen molar-refractivity contribution in [2.45, 2.75) is 71.1 Å². The van der Waals surface area contributed by atoms with Gasteiger partial charge in [-0.15, -0.1) is 11.3 Å². The maximum Gasteiger partial charge on any atom is 0.409 e. The lowest BCUT2D eigenvalue weighted by Gasteiger charge is -2.24. The molecule has 1 aliphatic heterocycles. The number of halogens is 1. The number of hydrogen-bond acceptors (Lipinski definition) is 10. The first-order valence-electron chi connectivity index (χ1n) is 12.8. The average molecular weight is 536 g/mol. The first-order chi connectivity index (χ1) is 18.0. The molecule has 0 aromatic carbocycles. The average Bonchev–Trinajstić information content (AvgIpc) is 3.61. The van der Waals surface area contributed by atoms with Crippen molar-refractivity contribution in [3.05, 3.63) is 28.2 Å². The van der Waals surface area contributed by atoms with E-state index < -0.39 is 24.1 Å². The smallest absolute Gasteiger partial charge is 0.409 e. The van der Waals surface area contributed by atoms with Gasteiger partial charge in [0.05, 0.1) is 19.1 Å². The van der Waals surface area contributed by atoms with Gasteiger partial charge in [-0.1, -0.05) is 25.7 Å². The monoisotopic (exact) mass is 535 g/mol. The Morgan fingerprint density at radius 3 is 2.70 bits per heavy atom. The lowest BCUT2D eigenvalue weighted by molar-refractivity contribution is -0.127. The minimum atomic E-state index is -0.719. The summed E-state index contributed by atoms with van der Waals surface area (Å²) in [6.07, 6.45) is 8.03. The summed E-state index contributed by atoms with van der Waals surface area (Å²) in [5.74, 6) is -1.02. The number of ether oxygens (including phenoxy) is 2. The summed E-state index contributed by atoms with van der Waals surface area (Å²) in [6.45, 7) is 2.61. The lowest BCUT2D eigenvalue weighted by atomic mass is 9.92. The van der Waals surface area contributed by atoms with Crippen molar-refractivity contribution < 1.29 is 23.5 Å². The number of alkyl carbamates (subject to hydrolysis) is 1. The second kappa shape index (κ2) is 13.5. The van der Waals surface area contributed by atoms with Crippen molar-refractivity contribution >= 4 is 35.0 Å². The Bertz CT molecular complexity index is 1030. The van der Waals surface area contributed by atoms with Crippen LogP contribution in [0, 0.1) is 24.6 Å². The first-order valence-corrected chi connectivity index (χ1v) is 13.6. The Balaban J connectivity index is 1.34. The number of carbonyl (C=O) groups excluding carboxylic acids is 2. The Morgan fingerprint density at radius 2 is 1.97 bits per heavy atom. The van der Waals surface area contributed by atoms with E-state index in [0.717, 1.165) is 43.5 Å². The van der Waals surface area contributed by atoms with Gasteiger partial charge in [-0.2, -0.15) is 4.39 Å². The standard InChI is InChI=1S/C24H34FN7O4S/c1-15-29-21(27-14-18-26-9-11-37-18)20(25)22(30-15)31-32-23(33)17(12-16-6-2-3-7-16)13-28-24(34)36-19-8-4-5-10-35-19/h9,11,16-17,19H,2-8,10,12-14H2,1H3,(H,28,34)(H,32,33)(H2,27,29,30,31)/t17-,19?/m1/s1. The molecule has 0 spiro atoms. The van der Waals surface area contributed by atoms with Crippen molar-refractivity contribution in [1.29, 1.82) is 0 Å². The molecule has 2 aromatic heterocycles. The molecule has 2 fully saturated rings. The molecule has 2 atom stereocenters. The van der Waals surface area contributed by atoms with E-state index in [4.69, 9.17) is 9.47 Å². The molecular weight excluding hydrogens is 501 g/mol. The maximum atomic E-state index is 15.0. The van der Waals surface area contributed by atoms with Crippen LogP contribution >= 0.6 is 11.3 Å². The van der Waals surface area contributed by atoms with E-state index in [0.29, 0.717) is 37.7 Å². The third kappa shape index (κ3) is 8.22. The highest BCUT2D eigenvalue weighted by atomic mass is 32.1. The molecule has 2 aliphatic rings. The highest BCUT2D eigenvalue weighted by Gasteiger charge is 2.27. The summed E-state index contributed by atoms with van der Waals surface area (Å²) in [4.78, 5) is 37.7. The largest absolute Gasteiger partial charge is 0.420 e. The molecule has 13 heteroatoms. The van der Waals surface area contributed by atoms with Crippen LogP contribution in [0.25, 0.3) is 0 Å². The number of hydrazine groups is 1. The zero-order chi connectivity index (χ0) is 26.0. The molecule has 4 N–H and O–H groups in total. The van der Waals surface area contributed by atoms with Crippen LogP contribution in [-0.2, 0) is 20.8 Å². The van der Waals surface area contributed by atoms with Crippen LogP contribution in [-0.4, -0.2) is 46.4 Å². The van der Waals surface area contributed by atoms with Gasteiger partial charge in [0.15, 0.2) is 11.6 Å². The van der Waals surface area contributed by atoms with E-state index >= 15 is 4.39 Å². The Hall–Kier alpha value is -3.06. The summed E-state index contributed by atoms with van der Waals surface area (Å²) < 4.78 is 25.8. The minimum Gasteiger partial charge on any atom is -0.420 e. The van der Waals surface area contributed by atoms with Crippen LogP contribution < -0.4 is 21.5 Å². The highest BCUT2D eigenvalue weighted by Crippen LogP contribution is 2.30. The molecule has 11 nitrogen and oxygen atoms in total. The molecule has 202 valence electrons. The topological polar surface area (TPSA) is 139 Å². The predicted molar refractivity (Wildman–Crippen MR) is 136 cm³/mol. The van der Waals surface area contributed by atoms with E-state index in [1.165, 1.54) is 11.3 Å². The molecule has 0 bridgehead atoms. The fraction of sp³-hybridized carbons (Fsp3) is 0.625. The van der Waals surface area contributed by atoms with Crippen LogP contribution in [0.3, 0.4) is 0 Å². The summed E-state index contributed by atoms with van der Waals surface area (Å²) >= 11 is 1.44. The Labute approximate surface area is 219 Å². The summed E-state index contributed by atoms with van der Waals surface area (Å²) in [5, 5.41) is 8.24. The van der Waals surface area contributed by atoms with Crippen molar-refractivity contribution in [2.24, 2.45) is 11.8 Å². The van der Waals surface area contributed by atoms with Gasteiger partial charge < -0.3 is 20.1 Å². The number of amides is 2. The second-order valence-electron chi connectivity index (χ2n) is 9.34. The van der Waals surface area contributed by atoms with Crippen molar-refractivity contribution in [3.63, 3.8) is 0 Å². The molecule has 1 saturated carbocycles. The third-order valence-electron chi connectivity index (χ3n) is 6.49. The summed E-state index contributed by atoms with van der Waals surface area (Å²) in [5.41, 5.74) is 5.17. The van der Waals surface area contributed by atoms with E-state index in [9.17, 15) is 9.59 Å². The van der Waals surface area contributed by atoms with Crippen molar-refractivity contribution in [3.8, 4) is 0 Å². The van der Waals surface area contributed by atoms with Crippen molar-refractivity contribution in [1.82, 2.24) is 25.7 Å². The van der Waals surface area contributed by atoms with Crippen LogP contribution in [0.2, 0.25) is 0 Å². The number of hydrogen-bond donors (Lipinski definition) is 4. The SMILES string of the molecule is Cc1nc(NCc2nccs2)c(F)c(NNC(=O)[C@@H](CNC(=O)OC2CCCCO2)CC2CCCC2)n1. The zero-order valence-electron chi connectivity index (χ0n) is 20.9. The number of thiazole rings is 1. The molecule has 1 unspecified atom stereocenters. The quantitative estimate of drug-likeness (QED) is 0.316. The fourth-order valence-electron chi connectivity index (χ4n) is 4.58. The van der Waals surface area contributed by atoms with Gasteiger partial charge in [0.2, 0.25) is 18.0 Å². The summed E-state index contributed by atoms with van der Waals surface area (Å²) in [6, 6.07) is 0. The van der Waals surface area contributed by atoms with Gasteiger partial charge in [-0.05, 0) is 32.1 Å². The van der Waals surface area contributed by atoms with E-state index in [-0.39, 0.29) is 24.1 Å². The van der Waals surface area contributed by atoms with Crippen LogP contribution in [0.4, 0.5) is 20.8 Å². The van der Waals surface area contributed by atoms with E-state index in [2.05, 4.69) is 36.4 Å². The number of nitrogens with one attached hydrogen (secondary N) is 4. The van der Waals surface area contributed by atoms with Crippen LogP contribution in [0.15, 0.2) is 11.6 Å². The second-order valence-corrected chi connectivity index (χ2v) is 10.3. The molecule has 1 saturated heterocycles. The van der Waals surface area contributed by atoms with Gasteiger partial charge in [0.1, 0.15) is 10.8 Å². The van der Waals surface area contributed by atoms with Crippen LogP contribution in [0.5, 0.6) is 0 Å². The summed E-state index contributed by atoms with van der Waals surface area (Å²) in [7, 11) is 0. The van der Waals surface area contributed by atoms with Crippen molar-refractivity contribution in [2.75, 3.05) is 23.9 Å². The molecular formula is C24H34FN7O4S. The molecule has 0 radical (unpaired) electrons. The number of aromatic nitrogens is 3. The Kier molecular flexibility index (Phi) is 9.83. The Morgan fingerprint density at radius 1 is 1.19 bits per heavy atom. The van der Waals surface area contributed by atoms with E-state index in [1.54, 1.807) is 13.1 Å². The third-order valence-corrected chi connectivity index (χ3v) is 7.27. The minimum absolute atomic E-state index is 0.0105. The van der Waals surface area contributed by atoms with Gasteiger partial charge in [0, 0.05) is 24.5 Å². The molecule has 3 heterocycles. The lowest BCUT2D eigenvalue weighted by Crippen LogP contribution is -2.43.